The Morgan fingerprint density at radius 3 is 2.76 bits per heavy atom. The van der Waals surface area contributed by atoms with Crippen molar-refractivity contribution in [1.29, 1.82) is 0 Å². The third-order valence-corrected chi connectivity index (χ3v) is 6.46. The molecule has 0 aliphatic heterocycles. The van der Waals surface area contributed by atoms with Crippen molar-refractivity contribution in [3.63, 3.8) is 0 Å². The van der Waals surface area contributed by atoms with Crippen LogP contribution < -0.4 is 10.0 Å². The Morgan fingerprint density at radius 2 is 2.14 bits per heavy atom. The van der Waals surface area contributed by atoms with Crippen LogP contribution in [0.2, 0.25) is 0 Å². The summed E-state index contributed by atoms with van der Waals surface area (Å²) in [6, 6.07) is 0. The van der Waals surface area contributed by atoms with Crippen molar-refractivity contribution in [2.75, 3.05) is 13.6 Å². The average Bonchev–Trinajstić information content (AvgIpc) is 3.14. The van der Waals surface area contributed by atoms with E-state index in [2.05, 4.69) is 20.2 Å². The summed E-state index contributed by atoms with van der Waals surface area (Å²) in [5, 5.41) is 9.88. The molecule has 2 aliphatic rings. The minimum Gasteiger partial charge on any atom is -0.316 e. The number of nitrogens with zero attached hydrogens (tertiary/aromatic N) is 1. The molecule has 0 radical (unpaired) electrons. The fourth-order valence-corrected chi connectivity index (χ4v) is 5.23. The number of aromatic amines is 1. The van der Waals surface area contributed by atoms with E-state index in [4.69, 9.17) is 0 Å². The van der Waals surface area contributed by atoms with Gasteiger partial charge in [-0.1, -0.05) is 6.42 Å². The molecule has 7 heteroatoms. The van der Waals surface area contributed by atoms with Gasteiger partial charge in [-0.2, -0.15) is 5.10 Å². The maximum absolute atomic E-state index is 12.5. The first-order chi connectivity index (χ1) is 10.0. The molecule has 0 aromatic carbocycles. The zero-order valence-electron chi connectivity index (χ0n) is 12.6. The van der Waals surface area contributed by atoms with E-state index in [1.807, 2.05) is 6.92 Å². The molecule has 2 saturated carbocycles. The molecule has 3 N–H and O–H groups in total. The number of nitrogens with one attached hydrogen (secondary N) is 3. The molecular formula is C14H24N4O2S. The number of rotatable bonds is 6. The van der Waals surface area contributed by atoms with Gasteiger partial charge in [-0.25, -0.2) is 13.1 Å². The van der Waals surface area contributed by atoms with Crippen molar-refractivity contribution in [2.24, 2.45) is 17.8 Å². The second kappa shape index (κ2) is 5.70. The minimum absolute atomic E-state index is 0.137. The highest BCUT2D eigenvalue weighted by Crippen LogP contribution is 2.48. The number of H-pyrrole nitrogens is 1. The predicted molar refractivity (Wildman–Crippen MR) is 80.2 cm³/mol. The van der Waals surface area contributed by atoms with Gasteiger partial charge in [-0.05, 0) is 51.0 Å². The van der Waals surface area contributed by atoms with Crippen LogP contribution in [0.3, 0.4) is 0 Å². The number of fused-ring (bicyclic) bond motifs is 2. The van der Waals surface area contributed by atoms with Gasteiger partial charge in [0.2, 0.25) is 0 Å². The van der Waals surface area contributed by atoms with E-state index in [1.54, 1.807) is 7.05 Å². The van der Waals surface area contributed by atoms with E-state index >= 15 is 0 Å². The predicted octanol–water partition coefficient (Wildman–Crippen LogP) is 1.15. The zero-order valence-corrected chi connectivity index (χ0v) is 13.5. The highest BCUT2D eigenvalue weighted by atomic mass is 32.2. The molecule has 2 aliphatic carbocycles. The lowest BCUT2D eigenvalue weighted by atomic mass is 9.89. The highest BCUT2D eigenvalue weighted by molar-refractivity contribution is 7.89. The number of hydrogen-bond acceptors (Lipinski definition) is 4. The third-order valence-electron chi connectivity index (χ3n) is 5.06. The van der Waals surface area contributed by atoms with Gasteiger partial charge in [0.05, 0.1) is 0 Å². The smallest absolute Gasteiger partial charge is 0.260 e. The van der Waals surface area contributed by atoms with E-state index in [9.17, 15) is 8.42 Å². The molecule has 21 heavy (non-hydrogen) atoms. The van der Waals surface area contributed by atoms with Gasteiger partial charge in [0.25, 0.3) is 10.0 Å². The lowest BCUT2D eigenvalue weighted by molar-refractivity contribution is 0.332. The summed E-state index contributed by atoms with van der Waals surface area (Å²) in [4.78, 5) is 0. The van der Waals surface area contributed by atoms with Gasteiger partial charge in [0.15, 0.2) is 5.03 Å². The molecule has 6 nitrogen and oxygen atoms in total. The summed E-state index contributed by atoms with van der Waals surface area (Å²) in [5.41, 5.74) is 1.52. The summed E-state index contributed by atoms with van der Waals surface area (Å²) < 4.78 is 27.7. The molecule has 3 rings (SSSR count). The van der Waals surface area contributed by atoms with E-state index in [0.29, 0.717) is 19.0 Å². The van der Waals surface area contributed by atoms with Crippen LogP contribution in [0, 0.1) is 24.7 Å². The van der Waals surface area contributed by atoms with Crippen molar-refractivity contribution in [1.82, 2.24) is 20.2 Å². The Balaban J connectivity index is 1.69. The summed E-state index contributed by atoms with van der Waals surface area (Å²) in [5.74, 6) is 2.05. The van der Waals surface area contributed by atoms with Crippen molar-refractivity contribution in [3.05, 3.63) is 11.3 Å². The van der Waals surface area contributed by atoms with Crippen molar-refractivity contribution in [2.45, 2.75) is 44.2 Å². The fraction of sp³-hybridized carbons (Fsp3) is 0.786. The van der Waals surface area contributed by atoms with E-state index in [-0.39, 0.29) is 5.03 Å². The van der Waals surface area contributed by atoms with Crippen LogP contribution in [0.5, 0.6) is 0 Å². The van der Waals surface area contributed by atoms with Crippen LogP contribution in [0.25, 0.3) is 0 Å². The minimum atomic E-state index is -3.53. The molecule has 0 amide bonds. The van der Waals surface area contributed by atoms with Crippen LogP contribution >= 0.6 is 0 Å². The topological polar surface area (TPSA) is 86.9 Å². The van der Waals surface area contributed by atoms with Crippen molar-refractivity contribution >= 4 is 10.0 Å². The summed E-state index contributed by atoms with van der Waals surface area (Å²) in [7, 11) is -1.73. The molecule has 3 unspecified atom stereocenters. The van der Waals surface area contributed by atoms with Crippen LogP contribution in [0.1, 0.15) is 36.9 Å². The molecule has 3 atom stereocenters. The van der Waals surface area contributed by atoms with Crippen molar-refractivity contribution < 1.29 is 8.42 Å². The average molecular weight is 312 g/mol. The number of aryl methyl sites for hydroxylation is 1. The van der Waals surface area contributed by atoms with Gasteiger partial charge >= 0.3 is 0 Å². The first kappa shape index (κ1) is 15.0. The van der Waals surface area contributed by atoms with Crippen LogP contribution in [-0.2, 0) is 16.6 Å². The number of hydrogen-bond donors (Lipinski definition) is 3. The Kier molecular flexibility index (Phi) is 4.07. The van der Waals surface area contributed by atoms with Gasteiger partial charge in [-0.3, -0.25) is 5.10 Å². The standard InChI is InChI=1S/C14H24N4O2S/c1-9-13(8-15-2)14(18-17-9)21(19,20)16-7-12-6-10-3-4-11(12)5-10/h10-12,15-16H,3-8H2,1-2H3,(H,17,18). The maximum atomic E-state index is 12.5. The largest absolute Gasteiger partial charge is 0.316 e. The Bertz CT molecular complexity index is 610. The molecule has 1 aromatic rings. The van der Waals surface area contributed by atoms with Crippen LogP contribution in [0.4, 0.5) is 0 Å². The summed E-state index contributed by atoms with van der Waals surface area (Å²) >= 11 is 0. The first-order valence-electron chi connectivity index (χ1n) is 7.69. The Morgan fingerprint density at radius 1 is 1.33 bits per heavy atom. The molecule has 1 aromatic heterocycles. The van der Waals surface area contributed by atoms with Gasteiger partial charge in [-0.15, -0.1) is 0 Å². The zero-order chi connectivity index (χ0) is 15.0. The van der Waals surface area contributed by atoms with Gasteiger partial charge in [0.1, 0.15) is 0 Å². The molecule has 0 saturated heterocycles. The quantitative estimate of drug-likeness (QED) is 0.735. The van der Waals surface area contributed by atoms with E-state index in [0.717, 1.165) is 23.1 Å². The lowest BCUT2D eigenvalue weighted by Gasteiger charge is -2.21. The normalized spacial score (nSPS) is 28.4. The van der Waals surface area contributed by atoms with E-state index in [1.165, 1.54) is 25.7 Å². The maximum Gasteiger partial charge on any atom is 0.260 e. The molecule has 118 valence electrons. The highest BCUT2D eigenvalue weighted by Gasteiger charge is 2.39. The van der Waals surface area contributed by atoms with Crippen LogP contribution in [0.15, 0.2) is 5.03 Å². The molecular weight excluding hydrogens is 288 g/mol. The SMILES string of the molecule is CNCc1c(S(=O)(=O)NCC2CC3CCC2C3)n[nH]c1C. The first-order valence-corrected chi connectivity index (χ1v) is 9.17. The summed E-state index contributed by atoms with van der Waals surface area (Å²) in [6.07, 6.45) is 5.07. The lowest BCUT2D eigenvalue weighted by Crippen LogP contribution is -2.32. The Hall–Kier alpha value is -0.920. The van der Waals surface area contributed by atoms with Crippen molar-refractivity contribution in [3.8, 4) is 0 Å². The van der Waals surface area contributed by atoms with Gasteiger partial charge in [0, 0.05) is 24.3 Å². The fourth-order valence-electron chi connectivity index (χ4n) is 3.95. The third kappa shape index (κ3) is 2.86. The second-order valence-electron chi connectivity index (χ2n) is 6.45. The molecule has 2 fully saturated rings. The number of sulfonamides is 1. The Labute approximate surface area is 126 Å². The summed E-state index contributed by atoms with van der Waals surface area (Å²) in [6.45, 7) is 2.88. The molecule has 1 heterocycles. The van der Waals surface area contributed by atoms with Crippen LogP contribution in [-0.4, -0.2) is 32.2 Å². The van der Waals surface area contributed by atoms with Gasteiger partial charge < -0.3 is 5.32 Å². The second-order valence-corrected chi connectivity index (χ2v) is 8.13. The monoisotopic (exact) mass is 312 g/mol. The molecule has 2 bridgehead atoms. The number of aromatic nitrogens is 2. The van der Waals surface area contributed by atoms with E-state index < -0.39 is 10.0 Å². The molecule has 0 spiro atoms.